The SMILES string of the molecule is CC[C@H]1C[C@H]2C[C@H]3C4=Nc5ccc(OC)cc5[C@@]4(O)CCN(C2=O)C13. The molecule has 4 aliphatic heterocycles. The Hall–Kier alpha value is -1.88. The van der Waals surface area contributed by atoms with Crippen LogP contribution in [0.3, 0.4) is 0 Å². The molecule has 5 nitrogen and oxygen atoms in total. The molecule has 4 fully saturated rings. The lowest BCUT2D eigenvalue weighted by molar-refractivity contribution is -0.153. The highest BCUT2D eigenvalue weighted by Crippen LogP contribution is 2.54. The largest absolute Gasteiger partial charge is 0.497 e. The summed E-state index contributed by atoms with van der Waals surface area (Å²) in [6.07, 6.45) is 3.43. The summed E-state index contributed by atoms with van der Waals surface area (Å²) >= 11 is 0. The van der Waals surface area contributed by atoms with Gasteiger partial charge in [-0.05, 0) is 37.0 Å². The molecule has 0 radical (unpaired) electrons. The van der Waals surface area contributed by atoms with Crippen LogP contribution in [0.25, 0.3) is 0 Å². The standard InChI is InChI=1S/C20H24N2O3/c1-3-11-8-12-9-14-17(11)22(19(12)23)7-6-20(24)15-10-13(25-2)4-5-16(15)21-18(14)20/h4-5,10-12,14,17,24H,3,6-9H2,1-2H3/t11-,12-,14+,17?,20-/m0/s1. The van der Waals surface area contributed by atoms with E-state index in [1.165, 1.54) is 0 Å². The van der Waals surface area contributed by atoms with Gasteiger partial charge in [0.05, 0.1) is 18.5 Å². The van der Waals surface area contributed by atoms with E-state index in [0.717, 1.165) is 42.0 Å². The summed E-state index contributed by atoms with van der Waals surface area (Å²) in [5.41, 5.74) is 1.52. The fourth-order valence-electron chi connectivity index (χ4n) is 5.74. The lowest BCUT2D eigenvalue weighted by Crippen LogP contribution is -2.61. The number of rotatable bonds is 2. The van der Waals surface area contributed by atoms with Gasteiger partial charge in [-0.15, -0.1) is 0 Å². The molecule has 5 heteroatoms. The van der Waals surface area contributed by atoms with Gasteiger partial charge in [-0.25, -0.2) is 0 Å². The molecule has 5 atom stereocenters. The topological polar surface area (TPSA) is 62.1 Å². The molecule has 1 saturated carbocycles. The van der Waals surface area contributed by atoms with E-state index in [1.54, 1.807) is 7.11 Å². The summed E-state index contributed by atoms with van der Waals surface area (Å²) in [5, 5.41) is 11.7. The summed E-state index contributed by atoms with van der Waals surface area (Å²) in [7, 11) is 1.64. The van der Waals surface area contributed by atoms with Gasteiger partial charge in [0.1, 0.15) is 11.4 Å². The number of nitrogens with zero attached hydrogens (tertiary/aromatic N) is 2. The molecule has 132 valence electrons. The van der Waals surface area contributed by atoms with Crippen LogP contribution in [0.5, 0.6) is 5.75 Å². The van der Waals surface area contributed by atoms with Crippen LogP contribution in [0, 0.1) is 17.8 Å². The number of ether oxygens (including phenoxy) is 1. The van der Waals surface area contributed by atoms with E-state index in [9.17, 15) is 9.90 Å². The van der Waals surface area contributed by atoms with Crippen LogP contribution < -0.4 is 4.74 Å². The molecule has 5 aliphatic rings. The zero-order valence-electron chi connectivity index (χ0n) is 14.7. The number of hydrogen-bond donors (Lipinski definition) is 1. The lowest BCUT2D eigenvalue weighted by atomic mass is 9.63. The van der Waals surface area contributed by atoms with Crippen molar-refractivity contribution in [2.75, 3.05) is 13.7 Å². The molecule has 6 rings (SSSR count). The van der Waals surface area contributed by atoms with Crippen molar-refractivity contribution in [1.82, 2.24) is 4.90 Å². The minimum absolute atomic E-state index is 0.100. The Balaban J connectivity index is 1.64. The van der Waals surface area contributed by atoms with Gasteiger partial charge in [-0.1, -0.05) is 13.3 Å². The molecule has 1 unspecified atom stereocenters. The second-order valence-corrected chi connectivity index (χ2v) is 7.96. The van der Waals surface area contributed by atoms with Gasteiger partial charge < -0.3 is 14.7 Å². The first kappa shape index (κ1) is 15.4. The third kappa shape index (κ3) is 1.87. The maximum Gasteiger partial charge on any atom is 0.225 e. The van der Waals surface area contributed by atoms with Gasteiger partial charge >= 0.3 is 0 Å². The van der Waals surface area contributed by atoms with E-state index in [1.807, 2.05) is 18.2 Å². The molecular weight excluding hydrogens is 316 g/mol. The summed E-state index contributed by atoms with van der Waals surface area (Å²) in [6.45, 7) is 2.82. The number of hydrogen-bond acceptors (Lipinski definition) is 4. The molecule has 4 bridgehead atoms. The summed E-state index contributed by atoms with van der Waals surface area (Å²) in [4.78, 5) is 19.7. The minimum atomic E-state index is -1.06. The first-order valence-electron chi connectivity index (χ1n) is 9.37. The minimum Gasteiger partial charge on any atom is -0.497 e. The molecule has 25 heavy (non-hydrogen) atoms. The number of benzene rings is 1. The Kier molecular flexibility index (Phi) is 3.12. The molecule has 1 N–H and O–H groups in total. The number of piperidine rings is 2. The van der Waals surface area contributed by atoms with Gasteiger partial charge in [0.2, 0.25) is 5.91 Å². The highest BCUT2D eigenvalue weighted by Gasteiger charge is 2.59. The van der Waals surface area contributed by atoms with Gasteiger partial charge in [0, 0.05) is 36.4 Å². The van der Waals surface area contributed by atoms with E-state index in [2.05, 4.69) is 11.8 Å². The van der Waals surface area contributed by atoms with Crippen molar-refractivity contribution in [2.24, 2.45) is 22.7 Å². The van der Waals surface area contributed by atoms with Crippen molar-refractivity contribution >= 4 is 17.3 Å². The summed E-state index contributed by atoms with van der Waals surface area (Å²) in [5.74, 6) is 1.82. The first-order valence-corrected chi connectivity index (χ1v) is 9.37. The Morgan fingerprint density at radius 2 is 2.24 bits per heavy atom. The highest BCUT2D eigenvalue weighted by molar-refractivity contribution is 6.04. The van der Waals surface area contributed by atoms with E-state index < -0.39 is 5.60 Å². The number of carbonyl (C=O) groups excluding carboxylic acids is 1. The Morgan fingerprint density at radius 1 is 1.40 bits per heavy atom. The fourth-order valence-corrected chi connectivity index (χ4v) is 5.74. The van der Waals surface area contributed by atoms with E-state index in [-0.39, 0.29) is 17.9 Å². The van der Waals surface area contributed by atoms with Gasteiger partial charge in [0.15, 0.2) is 0 Å². The maximum absolute atomic E-state index is 12.8. The van der Waals surface area contributed by atoms with Gasteiger partial charge in [-0.3, -0.25) is 9.79 Å². The molecule has 1 aromatic rings. The van der Waals surface area contributed by atoms with Crippen LogP contribution in [-0.4, -0.2) is 41.3 Å². The van der Waals surface area contributed by atoms with E-state index in [4.69, 9.17) is 9.73 Å². The van der Waals surface area contributed by atoms with Crippen molar-refractivity contribution in [1.29, 1.82) is 0 Å². The highest BCUT2D eigenvalue weighted by atomic mass is 16.5. The van der Waals surface area contributed by atoms with Crippen molar-refractivity contribution in [2.45, 2.75) is 44.2 Å². The number of methoxy groups -OCH3 is 1. The Labute approximate surface area is 147 Å². The molecule has 1 aliphatic carbocycles. The molecule has 1 amide bonds. The second-order valence-electron chi connectivity index (χ2n) is 7.96. The zero-order valence-corrected chi connectivity index (χ0v) is 14.7. The van der Waals surface area contributed by atoms with Crippen LogP contribution in [-0.2, 0) is 10.4 Å². The van der Waals surface area contributed by atoms with Gasteiger partial charge in [-0.2, -0.15) is 0 Å². The predicted octanol–water partition coefficient (Wildman–Crippen LogP) is 2.64. The van der Waals surface area contributed by atoms with Crippen molar-refractivity contribution in [3.8, 4) is 5.75 Å². The van der Waals surface area contributed by atoms with Crippen LogP contribution >= 0.6 is 0 Å². The number of carbonyl (C=O) groups is 1. The first-order chi connectivity index (χ1) is 12.1. The number of fused-ring (bicyclic) bond motifs is 4. The van der Waals surface area contributed by atoms with Crippen LogP contribution in [0.2, 0.25) is 0 Å². The van der Waals surface area contributed by atoms with Gasteiger partial charge in [0.25, 0.3) is 0 Å². The van der Waals surface area contributed by atoms with Crippen LogP contribution in [0.1, 0.15) is 38.2 Å². The molecule has 0 aromatic heterocycles. The zero-order chi connectivity index (χ0) is 17.3. The third-order valence-electron chi connectivity index (χ3n) is 6.92. The summed E-state index contributed by atoms with van der Waals surface area (Å²) in [6, 6.07) is 5.95. The summed E-state index contributed by atoms with van der Waals surface area (Å²) < 4.78 is 5.36. The molecular formula is C20H24N2O3. The molecule has 1 aromatic carbocycles. The molecule has 0 spiro atoms. The van der Waals surface area contributed by atoms with Crippen LogP contribution in [0.15, 0.2) is 23.2 Å². The van der Waals surface area contributed by atoms with Crippen molar-refractivity contribution in [3.05, 3.63) is 23.8 Å². The number of aliphatic hydroxyl groups is 1. The quantitative estimate of drug-likeness (QED) is 0.900. The maximum atomic E-state index is 12.8. The smallest absolute Gasteiger partial charge is 0.225 e. The number of aliphatic imine (C=N–C) groups is 1. The monoisotopic (exact) mass is 340 g/mol. The Bertz CT molecular complexity index is 789. The predicted molar refractivity (Wildman–Crippen MR) is 94.1 cm³/mol. The van der Waals surface area contributed by atoms with Crippen molar-refractivity contribution < 1.29 is 14.6 Å². The van der Waals surface area contributed by atoms with Crippen LogP contribution in [0.4, 0.5) is 5.69 Å². The average molecular weight is 340 g/mol. The Morgan fingerprint density at radius 3 is 3.00 bits per heavy atom. The van der Waals surface area contributed by atoms with E-state index in [0.29, 0.717) is 24.8 Å². The fraction of sp³-hybridized carbons (Fsp3) is 0.600. The number of amides is 1. The van der Waals surface area contributed by atoms with E-state index >= 15 is 0 Å². The molecule has 3 saturated heterocycles. The van der Waals surface area contributed by atoms with Crippen molar-refractivity contribution in [3.63, 3.8) is 0 Å². The lowest BCUT2D eigenvalue weighted by Gasteiger charge is -2.52. The third-order valence-corrected chi connectivity index (χ3v) is 6.92. The molecule has 4 heterocycles. The normalized spacial score (nSPS) is 38.1. The average Bonchev–Trinajstić information content (AvgIpc) is 2.87. The second kappa shape index (κ2) is 5.07.